The molecule has 3 rings (SSSR count). The molecule has 1 aliphatic rings. The Kier molecular flexibility index (Phi) is 4.50. The number of carbonyl (C=O) groups is 2. The first-order valence-electron chi connectivity index (χ1n) is 8.01. The number of carbonyl (C=O) groups excluding carboxylic acids is 2. The molecule has 24 heavy (non-hydrogen) atoms. The normalized spacial score (nSPS) is 17.5. The number of primary amides is 1. The van der Waals surface area contributed by atoms with Crippen molar-refractivity contribution in [2.45, 2.75) is 19.8 Å². The molecule has 3 N–H and O–H groups in total. The van der Waals surface area contributed by atoms with Crippen LogP contribution in [0.1, 0.15) is 18.4 Å². The van der Waals surface area contributed by atoms with E-state index in [0.717, 1.165) is 24.1 Å². The summed E-state index contributed by atoms with van der Waals surface area (Å²) in [6.45, 7) is 2.97. The Morgan fingerprint density at radius 2 is 2.08 bits per heavy atom. The Balaban J connectivity index is 1.75. The van der Waals surface area contributed by atoms with Crippen LogP contribution in [0.3, 0.4) is 0 Å². The number of rotatable bonds is 3. The quantitative estimate of drug-likeness (QED) is 0.902. The van der Waals surface area contributed by atoms with Crippen LogP contribution in [0, 0.1) is 12.8 Å². The molecule has 7 nitrogen and oxygen atoms in total. The predicted octanol–water partition coefficient (Wildman–Crippen LogP) is 1.91. The smallest absolute Gasteiger partial charge is 0.314 e. The number of likely N-dealkylation sites (tertiary alicyclic amines) is 1. The number of nitrogens with two attached hydrogens (primary N) is 1. The SMILES string of the molecule is Cc1ccccc1-n1nccc1NC(=O)[C@H]1CCCN(C(N)=O)C1. The highest BCUT2D eigenvalue weighted by molar-refractivity contribution is 5.92. The van der Waals surface area contributed by atoms with E-state index in [0.29, 0.717) is 18.9 Å². The van der Waals surface area contributed by atoms with E-state index < -0.39 is 6.03 Å². The van der Waals surface area contributed by atoms with Gasteiger partial charge >= 0.3 is 6.03 Å². The topological polar surface area (TPSA) is 93.2 Å². The minimum atomic E-state index is -0.475. The number of aryl methyl sites for hydroxylation is 1. The van der Waals surface area contributed by atoms with Gasteiger partial charge in [-0.2, -0.15) is 5.10 Å². The molecular formula is C17H21N5O2. The van der Waals surface area contributed by atoms with Crippen LogP contribution in [0.5, 0.6) is 0 Å². The number of hydrogen-bond donors (Lipinski definition) is 2. The molecule has 1 fully saturated rings. The van der Waals surface area contributed by atoms with E-state index in [4.69, 9.17) is 5.73 Å². The average Bonchev–Trinajstić information content (AvgIpc) is 3.03. The molecule has 3 amide bonds. The summed E-state index contributed by atoms with van der Waals surface area (Å²) in [5.74, 6) is 0.244. The number of nitrogens with zero attached hydrogens (tertiary/aromatic N) is 3. The molecule has 0 spiro atoms. The van der Waals surface area contributed by atoms with Crippen molar-refractivity contribution in [3.63, 3.8) is 0 Å². The van der Waals surface area contributed by atoms with Gasteiger partial charge in [0, 0.05) is 19.2 Å². The molecule has 1 aliphatic heterocycles. The molecule has 2 heterocycles. The van der Waals surface area contributed by atoms with E-state index >= 15 is 0 Å². The number of para-hydroxylation sites is 1. The van der Waals surface area contributed by atoms with Gasteiger partial charge in [-0.3, -0.25) is 4.79 Å². The number of urea groups is 1. The minimum Gasteiger partial charge on any atom is -0.351 e. The highest BCUT2D eigenvalue weighted by Crippen LogP contribution is 2.21. The number of benzene rings is 1. The maximum Gasteiger partial charge on any atom is 0.314 e. The molecule has 0 radical (unpaired) electrons. The van der Waals surface area contributed by atoms with Crippen LogP contribution < -0.4 is 11.1 Å². The van der Waals surface area contributed by atoms with Crippen molar-refractivity contribution in [2.75, 3.05) is 18.4 Å². The van der Waals surface area contributed by atoms with Gasteiger partial charge in [-0.15, -0.1) is 0 Å². The zero-order valence-corrected chi connectivity index (χ0v) is 13.6. The summed E-state index contributed by atoms with van der Waals surface area (Å²) in [7, 11) is 0. The van der Waals surface area contributed by atoms with Crippen molar-refractivity contribution in [1.29, 1.82) is 0 Å². The largest absolute Gasteiger partial charge is 0.351 e. The van der Waals surface area contributed by atoms with Crippen LogP contribution >= 0.6 is 0 Å². The van der Waals surface area contributed by atoms with Crippen molar-refractivity contribution in [1.82, 2.24) is 14.7 Å². The van der Waals surface area contributed by atoms with Gasteiger partial charge in [-0.1, -0.05) is 18.2 Å². The van der Waals surface area contributed by atoms with E-state index in [2.05, 4.69) is 10.4 Å². The first-order valence-corrected chi connectivity index (χ1v) is 8.01. The Hall–Kier alpha value is -2.83. The third-order valence-electron chi connectivity index (χ3n) is 4.34. The second kappa shape index (κ2) is 6.74. The van der Waals surface area contributed by atoms with E-state index in [1.54, 1.807) is 16.9 Å². The van der Waals surface area contributed by atoms with Gasteiger partial charge in [0.1, 0.15) is 5.82 Å². The number of nitrogens with one attached hydrogen (secondary N) is 1. The maximum atomic E-state index is 12.6. The van der Waals surface area contributed by atoms with Crippen molar-refractivity contribution in [3.05, 3.63) is 42.1 Å². The molecule has 0 aliphatic carbocycles. The maximum absolute atomic E-state index is 12.6. The first kappa shape index (κ1) is 16.0. The van der Waals surface area contributed by atoms with Crippen molar-refractivity contribution in [2.24, 2.45) is 11.7 Å². The molecule has 0 bridgehead atoms. The van der Waals surface area contributed by atoms with E-state index in [-0.39, 0.29) is 11.8 Å². The number of hydrogen-bond acceptors (Lipinski definition) is 3. The molecule has 1 saturated heterocycles. The third-order valence-corrected chi connectivity index (χ3v) is 4.34. The van der Waals surface area contributed by atoms with Gasteiger partial charge in [-0.25, -0.2) is 9.48 Å². The Morgan fingerprint density at radius 1 is 1.29 bits per heavy atom. The van der Waals surface area contributed by atoms with Gasteiger partial charge in [0.2, 0.25) is 5.91 Å². The summed E-state index contributed by atoms with van der Waals surface area (Å²) in [5, 5.41) is 7.23. The minimum absolute atomic E-state index is 0.115. The van der Waals surface area contributed by atoms with Crippen LogP contribution in [0.25, 0.3) is 5.69 Å². The number of anilines is 1. The summed E-state index contributed by atoms with van der Waals surface area (Å²) in [5.41, 5.74) is 7.30. The summed E-state index contributed by atoms with van der Waals surface area (Å²) >= 11 is 0. The zero-order chi connectivity index (χ0) is 17.1. The molecule has 1 aromatic heterocycles. The van der Waals surface area contributed by atoms with Crippen molar-refractivity contribution >= 4 is 17.8 Å². The lowest BCUT2D eigenvalue weighted by Gasteiger charge is -2.30. The highest BCUT2D eigenvalue weighted by atomic mass is 16.2. The molecule has 7 heteroatoms. The van der Waals surface area contributed by atoms with E-state index in [1.165, 1.54) is 4.90 Å². The fraction of sp³-hybridized carbons (Fsp3) is 0.353. The second-order valence-corrected chi connectivity index (χ2v) is 6.03. The lowest BCUT2D eigenvalue weighted by atomic mass is 9.97. The van der Waals surface area contributed by atoms with Gasteiger partial charge in [0.25, 0.3) is 0 Å². The fourth-order valence-corrected chi connectivity index (χ4v) is 3.01. The molecule has 0 saturated carbocycles. The fourth-order valence-electron chi connectivity index (χ4n) is 3.01. The summed E-state index contributed by atoms with van der Waals surface area (Å²) < 4.78 is 1.71. The number of piperidine rings is 1. The molecular weight excluding hydrogens is 306 g/mol. The Bertz CT molecular complexity index is 755. The summed E-state index contributed by atoms with van der Waals surface area (Å²) in [4.78, 5) is 25.4. The van der Waals surface area contributed by atoms with Crippen LogP contribution in [-0.2, 0) is 4.79 Å². The number of amides is 3. The standard InChI is InChI=1S/C17H21N5O2/c1-12-5-2-3-7-14(12)22-15(8-9-19-22)20-16(23)13-6-4-10-21(11-13)17(18)24/h2-3,5,7-9,13H,4,6,10-11H2,1H3,(H2,18,24)(H,20,23)/t13-/m0/s1. The van der Waals surface area contributed by atoms with Crippen molar-refractivity contribution < 1.29 is 9.59 Å². The lowest BCUT2D eigenvalue weighted by molar-refractivity contribution is -0.121. The molecule has 1 aromatic carbocycles. The second-order valence-electron chi connectivity index (χ2n) is 6.03. The van der Waals surface area contributed by atoms with Gasteiger partial charge in [0.05, 0.1) is 17.8 Å². The van der Waals surface area contributed by atoms with Crippen molar-refractivity contribution in [3.8, 4) is 5.69 Å². The molecule has 126 valence electrons. The monoisotopic (exact) mass is 327 g/mol. The van der Waals surface area contributed by atoms with Gasteiger partial charge in [0.15, 0.2) is 0 Å². The van der Waals surface area contributed by atoms with Crippen LogP contribution in [0.2, 0.25) is 0 Å². The lowest BCUT2D eigenvalue weighted by Crippen LogP contribution is -2.46. The van der Waals surface area contributed by atoms with Gasteiger partial charge in [-0.05, 0) is 31.4 Å². The Morgan fingerprint density at radius 3 is 2.83 bits per heavy atom. The third kappa shape index (κ3) is 3.24. The molecule has 2 aromatic rings. The molecule has 0 unspecified atom stereocenters. The van der Waals surface area contributed by atoms with E-state index in [9.17, 15) is 9.59 Å². The summed E-state index contributed by atoms with van der Waals surface area (Å²) in [6.07, 6.45) is 3.17. The highest BCUT2D eigenvalue weighted by Gasteiger charge is 2.28. The Labute approximate surface area is 140 Å². The van der Waals surface area contributed by atoms with Crippen LogP contribution in [0.4, 0.5) is 10.6 Å². The predicted molar refractivity (Wildman–Crippen MR) is 90.8 cm³/mol. The first-order chi connectivity index (χ1) is 11.6. The van der Waals surface area contributed by atoms with Crippen LogP contribution in [0.15, 0.2) is 36.5 Å². The van der Waals surface area contributed by atoms with Gasteiger partial charge < -0.3 is 16.0 Å². The van der Waals surface area contributed by atoms with E-state index in [1.807, 2.05) is 31.2 Å². The molecule has 1 atom stereocenters. The summed E-state index contributed by atoms with van der Waals surface area (Å²) in [6, 6.07) is 9.13. The zero-order valence-electron chi connectivity index (χ0n) is 13.6. The number of aromatic nitrogens is 2. The van der Waals surface area contributed by atoms with Crippen LogP contribution in [-0.4, -0.2) is 39.7 Å². The average molecular weight is 327 g/mol.